The lowest BCUT2D eigenvalue weighted by molar-refractivity contribution is -0.131. The first-order chi connectivity index (χ1) is 16.1. The van der Waals surface area contributed by atoms with Gasteiger partial charge in [-0.25, -0.2) is 14.8 Å². The Kier molecular flexibility index (Phi) is 13.1. The van der Waals surface area contributed by atoms with Gasteiger partial charge in [-0.05, 0) is 54.5 Å². The lowest BCUT2D eigenvalue weighted by Crippen LogP contribution is -1.97. The Morgan fingerprint density at radius 1 is 0.818 bits per heavy atom. The lowest BCUT2D eigenvalue weighted by Gasteiger charge is -2.10. The summed E-state index contributed by atoms with van der Waals surface area (Å²) in [6.45, 7) is 4.48. The van der Waals surface area contributed by atoms with Gasteiger partial charge in [-0.2, -0.15) is 0 Å². The Hall–Kier alpha value is -2.49. The number of unbranched alkanes of at least 4 members (excludes halogenated alkanes) is 10. The molecule has 1 heterocycles. The largest absolute Gasteiger partial charge is 0.478 e. The summed E-state index contributed by atoms with van der Waals surface area (Å²) in [7, 11) is 0. The van der Waals surface area contributed by atoms with Crippen LogP contribution >= 0.6 is 0 Å². The molecule has 1 aromatic carbocycles. The molecule has 33 heavy (non-hydrogen) atoms. The highest BCUT2D eigenvalue weighted by Gasteiger charge is 2.07. The van der Waals surface area contributed by atoms with Gasteiger partial charge in [0.2, 0.25) is 0 Å². The molecule has 2 rings (SSSR count). The van der Waals surface area contributed by atoms with Gasteiger partial charge in [0.25, 0.3) is 0 Å². The van der Waals surface area contributed by atoms with Gasteiger partial charge in [-0.1, -0.05) is 90.2 Å². The summed E-state index contributed by atoms with van der Waals surface area (Å²) in [4.78, 5) is 20.3. The molecule has 180 valence electrons. The molecule has 0 saturated carbocycles. The van der Waals surface area contributed by atoms with Crippen LogP contribution in [0.25, 0.3) is 17.5 Å². The predicted octanol–water partition coefficient (Wildman–Crippen LogP) is 8.05. The lowest BCUT2D eigenvalue weighted by atomic mass is 9.97. The number of hydrogen-bond donors (Lipinski definition) is 1. The molecule has 0 amide bonds. The number of aliphatic carboxylic acids is 1. The van der Waals surface area contributed by atoms with Crippen molar-refractivity contribution in [3.05, 3.63) is 53.4 Å². The van der Waals surface area contributed by atoms with E-state index in [-0.39, 0.29) is 0 Å². The second-order valence-electron chi connectivity index (χ2n) is 9.04. The minimum Gasteiger partial charge on any atom is -0.478 e. The Labute approximate surface area is 200 Å². The summed E-state index contributed by atoms with van der Waals surface area (Å²) in [5, 5.41) is 9.03. The maximum atomic E-state index is 11.0. The zero-order valence-corrected chi connectivity index (χ0v) is 20.7. The van der Waals surface area contributed by atoms with Crippen LogP contribution in [0.15, 0.2) is 36.7 Å². The summed E-state index contributed by atoms with van der Waals surface area (Å²) >= 11 is 0. The number of rotatable bonds is 17. The number of nitrogens with zero attached hydrogens (tertiary/aromatic N) is 2. The molecule has 0 aliphatic carbocycles. The Morgan fingerprint density at radius 3 is 2.00 bits per heavy atom. The summed E-state index contributed by atoms with van der Waals surface area (Å²) in [5.41, 5.74) is 4.33. The van der Waals surface area contributed by atoms with Crippen LogP contribution in [0.2, 0.25) is 0 Å². The smallest absolute Gasteiger partial charge is 0.328 e. The zero-order valence-electron chi connectivity index (χ0n) is 20.7. The van der Waals surface area contributed by atoms with Gasteiger partial charge in [-0.15, -0.1) is 0 Å². The van der Waals surface area contributed by atoms with Gasteiger partial charge in [-0.3, -0.25) is 0 Å². The van der Waals surface area contributed by atoms with E-state index in [1.165, 1.54) is 87.8 Å². The molecule has 0 radical (unpaired) electrons. The van der Waals surface area contributed by atoms with E-state index >= 15 is 0 Å². The van der Waals surface area contributed by atoms with Gasteiger partial charge in [0, 0.05) is 24.0 Å². The highest BCUT2D eigenvalue weighted by Crippen LogP contribution is 2.23. The summed E-state index contributed by atoms with van der Waals surface area (Å²) in [5.74, 6) is -0.187. The van der Waals surface area contributed by atoms with Crippen LogP contribution in [0, 0.1) is 0 Å². The van der Waals surface area contributed by atoms with Crippen LogP contribution in [0.1, 0.15) is 108 Å². The number of carboxylic acids is 1. The van der Waals surface area contributed by atoms with Crippen LogP contribution in [-0.4, -0.2) is 21.0 Å². The van der Waals surface area contributed by atoms with Crippen molar-refractivity contribution in [2.75, 3.05) is 0 Å². The topological polar surface area (TPSA) is 63.1 Å². The number of aryl methyl sites for hydroxylation is 2. The standard InChI is InChI=1S/C29H42N2O2/c1-3-5-7-9-11-13-15-24-22-30-29(31-23-24)27-18-17-25(19-20-28(32)33)26(21-27)16-14-12-10-8-6-4-2/h17-23H,3-16H2,1-2H3,(H,32,33). The molecular weight excluding hydrogens is 408 g/mol. The molecule has 4 nitrogen and oxygen atoms in total. The molecule has 1 aromatic heterocycles. The number of carboxylic acid groups (broad SMARTS) is 1. The highest BCUT2D eigenvalue weighted by molar-refractivity contribution is 5.85. The molecule has 0 aliphatic rings. The number of aromatic nitrogens is 2. The van der Waals surface area contributed by atoms with E-state index in [2.05, 4.69) is 29.9 Å². The van der Waals surface area contributed by atoms with Gasteiger partial charge in [0.05, 0.1) is 0 Å². The molecule has 4 heteroatoms. The molecule has 0 atom stereocenters. The van der Waals surface area contributed by atoms with Crippen molar-refractivity contribution in [2.24, 2.45) is 0 Å². The molecule has 0 saturated heterocycles. The van der Waals surface area contributed by atoms with E-state index in [1.54, 1.807) is 6.08 Å². The van der Waals surface area contributed by atoms with Gasteiger partial charge < -0.3 is 5.11 Å². The molecule has 0 fully saturated rings. The van der Waals surface area contributed by atoms with E-state index in [0.29, 0.717) is 0 Å². The molecule has 1 N–H and O–H groups in total. The van der Waals surface area contributed by atoms with Crippen LogP contribution in [0.3, 0.4) is 0 Å². The molecule has 0 unspecified atom stereocenters. The van der Waals surface area contributed by atoms with E-state index in [9.17, 15) is 4.79 Å². The average Bonchev–Trinajstić information content (AvgIpc) is 2.83. The fraction of sp³-hybridized carbons (Fsp3) is 0.552. The summed E-state index contributed by atoms with van der Waals surface area (Å²) in [6.07, 6.45) is 24.0. The zero-order chi connectivity index (χ0) is 23.7. The van der Waals surface area contributed by atoms with Gasteiger partial charge >= 0.3 is 5.97 Å². The predicted molar refractivity (Wildman–Crippen MR) is 138 cm³/mol. The fourth-order valence-electron chi connectivity index (χ4n) is 4.12. The highest BCUT2D eigenvalue weighted by atomic mass is 16.4. The van der Waals surface area contributed by atoms with Crippen LogP contribution in [0.4, 0.5) is 0 Å². The quantitative estimate of drug-likeness (QED) is 0.196. The van der Waals surface area contributed by atoms with Crippen molar-refractivity contribution in [3.63, 3.8) is 0 Å². The first-order valence-electron chi connectivity index (χ1n) is 13.0. The van der Waals surface area contributed by atoms with Crippen molar-refractivity contribution < 1.29 is 9.90 Å². The van der Waals surface area contributed by atoms with E-state index in [1.807, 2.05) is 24.5 Å². The molecule has 0 spiro atoms. The first kappa shape index (κ1) is 26.8. The van der Waals surface area contributed by atoms with Crippen LogP contribution in [0.5, 0.6) is 0 Å². The Balaban J connectivity index is 2.00. The minimum atomic E-state index is -0.922. The number of benzene rings is 1. The maximum absolute atomic E-state index is 11.0. The van der Waals surface area contributed by atoms with E-state index in [0.717, 1.165) is 36.2 Å². The second-order valence-corrected chi connectivity index (χ2v) is 9.04. The van der Waals surface area contributed by atoms with Crippen molar-refractivity contribution >= 4 is 12.0 Å². The maximum Gasteiger partial charge on any atom is 0.328 e. The Morgan fingerprint density at radius 2 is 1.39 bits per heavy atom. The van der Waals surface area contributed by atoms with Crippen molar-refractivity contribution in [1.82, 2.24) is 9.97 Å². The van der Waals surface area contributed by atoms with Gasteiger partial charge in [0.15, 0.2) is 5.82 Å². The normalized spacial score (nSPS) is 11.3. The first-order valence-corrected chi connectivity index (χ1v) is 13.0. The summed E-state index contributed by atoms with van der Waals surface area (Å²) < 4.78 is 0. The van der Waals surface area contributed by atoms with Crippen molar-refractivity contribution in [2.45, 2.75) is 104 Å². The van der Waals surface area contributed by atoms with Crippen LogP contribution in [-0.2, 0) is 17.6 Å². The third-order valence-corrected chi connectivity index (χ3v) is 6.13. The van der Waals surface area contributed by atoms with Crippen LogP contribution < -0.4 is 0 Å². The van der Waals surface area contributed by atoms with Crippen molar-refractivity contribution in [3.8, 4) is 11.4 Å². The SMILES string of the molecule is CCCCCCCCc1cnc(-c2ccc(C=CC(=O)O)c(CCCCCCCC)c2)nc1. The molecule has 0 bridgehead atoms. The van der Waals surface area contributed by atoms with E-state index in [4.69, 9.17) is 5.11 Å². The summed E-state index contributed by atoms with van der Waals surface area (Å²) in [6, 6.07) is 6.13. The Bertz CT molecular complexity index is 843. The molecular formula is C29H42N2O2. The van der Waals surface area contributed by atoms with E-state index < -0.39 is 5.97 Å². The molecule has 0 aliphatic heterocycles. The number of carbonyl (C=O) groups is 1. The minimum absolute atomic E-state index is 0.736. The fourth-order valence-corrected chi connectivity index (χ4v) is 4.12. The monoisotopic (exact) mass is 450 g/mol. The average molecular weight is 451 g/mol. The van der Waals surface area contributed by atoms with Crippen molar-refractivity contribution in [1.29, 1.82) is 0 Å². The molecule has 2 aromatic rings. The second kappa shape index (κ2) is 16.2. The number of hydrogen-bond acceptors (Lipinski definition) is 3. The van der Waals surface area contributed by atoms with Gasteiger partial charge in [0.1, 0.15) is 0 Å². The third-order valence-electron chi connectivity index (χ3n) is 6.13. The third kappa shape index (κ3) is 10.8.